The second kappa shape index (κ2) is 27.9. The predicted octanol–water partition coefficient (Wildman–Crippen LogP) is 6.75. The number of Topliss-reactive ketones (excluding diaryl/α,β-unsaturated/α-hetero) is 2. The van der Waals surface area contributed by atoms with Crippen LogP contribution in [0.3, 0.4) is 0 Å². The van der Waals surface area contributed by atoms with Crippen molar-refractivity contribution in [2.24, 2.45) is 5.92 Å². The molecule has 1 unspecified atom stereocenters. The van der Waals surface area contributed by atoms with Gasteiger partial charge in [-0.3, -0.25) is 19.2 Å². The number of hydrogen-bond donors (Lipinski definition) is 2. The Morgan fingerprint density at radius 3 is 1.64 bits per heavy atom. The van der Waals surface area contributed by atoms with Crippen LogP contribution in [0, 0.1) is 5.92 Å². The Morgan fingerprint density at radius 2 is 1.16 bits per heavy atom. The molecule has 0 aliphatic carbocycles. The number of carboxylic acids is 1. The molecule has 0 radical (unpaired) electrons. The van der Waals surface area contributed by atoms with E-state index in [0.717, 1.165) is 25.7 Å². The minimum atomic E-state index is -1.04. The van der Waals surface area contributed by atoms with Gasteiger partial charge in [0.2, 0.25) is 5.91 Å². The van der Waals surface area contributed by atoms with Crippen molar-refractivity contribution in [1.29, 1.82) is 0 Å². The van der Waals surface area contributed by atoms with Gasteiger partial charge in [0.25, 0.3) is 0 Å². The number of hydrogen-bond acceptors (Lipinski definition) is 8. The number of carboxylic acid groups (broad SMARTS) is 1. The molecule has 0 rings (SSSR count). The lowest BCUT2D eigenvalue weighted by Crippen LogP contribution is -2.31. The van der Waals surface area contributed by atoms with Gasteiger partial charge in [0.1, 0.15) is 18.0 Å². The molecule has 0 aromatic rings. The fourth-order valence-corrected chi connectivity index (χ4v) is 4.86. The highest BCUT2D eigenvalue weighted by Crippen LogP contribution is 2.19. The van der Waals surface area contributed by atoms with Crippen LogP contribution in [0.2, 0.25) is 0 Å². The van der Waals surface area contributed by atoms with Crippen LogP contribution < -0.4 is 5.32 Å². The van der Waals surface area contributed by atoms with Crippen molar-refractivity contribution in [3.8, 4) is 0 Å². The predicted molar refractivity (Wildman–Crippen MR) is 175 cm³/mol. The largest absolute Gasteiger partial charge is 0.481 e. The maximum atomic E-state index is 12.4. The van der Waals surface area contributed by atoms with Crippen LogP contribution in [0.5, 0.6) is 0 Å². The van der Waals surface area contributed by atoms with Crippen LogP contribution >= 0.6 is 0 Å². The van der Waals surface area contributed by atoms with Crippen LogP contribution in [0.4, 0.5) is 0 Å². The smallest absolute Gasteiger partial charge is 0.309 e. The lowest BCUT2D eigenvalue weighted by atomic mass is 9.97. The lowest BCUT2D eigenvalue weighted by Gasteiger charge is -2.23. The Kier molecular flexibility index (Phi) is 26.5. The third kappa shape index (κ3) is 31.4. The number of carbonyl (C=O) groups excluding carboxylic acids is 4. The summed E-state index contributed by atoms with van der Waals surface area (Å²) in [6, 6.07) is 0. The van der Waals surface area contributed by atoms with Gasteiger partial charge in [-0.2, -0.15) is 0 Å². The van der Waals surface area contributed by atoms with E-state index in [1.807, 2.05) is 0 Å². The minimum absolute atomic E-state index is 0.0261. The van der Waals surface area contributed by atoms with Gasteiger partial charge in [-0.1, -0.05) is 77.0 Å². The summed E-state index contributed by atoms with van der Waals surface area (Å²) in [5, 5.41) is 11.8. The molecule has 0 aliphatic rings. The Morgan fingerprint density at radius 1 is 0.667 bits per heavy atom. The van der Waals surface area contributed by atoms with Crippen molar-refractivity contribution >= 4 is 29.4 Å². The van der Waals surface area contributed by atoms with E-state index in [1.54, 1.807) is 27.7 Å². The van der Waals surface area contributed by atoms with E-state index < -0.39 is 23.5 Å². The molecule has 10 heteroatoms. The molecule has 0 saturated carbocycles. The number of ether oxygens (including phenoxy) is 3. The highest BCUT2D eigenvalue weighted by atomic mass is 16.6. The van der Waals surface area contributed by atoms with Crippen molar-refractivity contribution in [3.05, 3.63) is 0 Å². The van der Waals surface area contributed by atoms with Crippen molar-refractivity contribution < 1.29 is 43.3 Å². The fourth-order valence-electron chi connectivity index (χ4n) is 4.86. The van der Waals surface area contributed by atoms with Gasteiger partial charge < -0.3 is 29.4 Å². The number of nitrogens with one attached hydrogen (secondary N) is 1. The minimum Gasteiger partial charge on any atom is -0.481 e. The van der Waals surface area contributed by atoms with Crippen LogP contribution in [-0.4, -0.2) is 73.1 Å². The summed E-state index contributed by atoms with van der Waals surface area (Å²) in [6.45, 7) is 7.84. The van der Waals surface area contributed by atoms with E-state index >= 15 is 0 Å². The van der Waals surface area contributed by atoms with Gasteiger partial charge >= 0.3 is 11.9 Å². The van der Waals surface area contributed by atoms with E-state index in [-0.39, 0.29) is 50.8 Å². The molecule has 0 heterocycles. The van der Waals surface area contributed by atoms with Crippen molar-refractivity contribution in [2.75, 3.05) is 33.0 Å². The first-order valence-electron chi connectivity index (χ1n) is 17.3. The lowest BCUT2D eigenvalue weighted by molar-refractivity contribution is -0.162. The molecule has 1 amide bonds. The summed E-state index contributed by atoms with van der Waals surface area (Å²) in [5.41, 5.74) is -0.727. The normalized spacial score (nSPS) is 12.1. The molecule has 1 atom stereocenters. The third-order valence-corrected chi connectivity index (χ3v) is 7.31. The topological polar surface area (TPSA) is 145 Å². The van der Waals surface area contributed by atoms with Crippen LogP contribution in [0.15, 0.2) is 0 Å². The van der Waals surface area contributed by atoms with Gasteiger partial charge in [-0.25, -0.2) is 0 Å². The zero-order valence-corrected chi connectivity index (χ0v) is 28.8. The molecule has 0 aromatic carbocycles. The van der Waals surface area contributed by atoms with Gasteiger partial charge in [0.05, 0.1) is 25.7 Å². The molecule has 0 saturated heterocycles. The number of ketones is 2. The van der Waals surface area contributed by atoms with E-state index in [2.05, 4.69) is 5.32 Å². The zero-order chi connectivity index (χ0) is 33.8. The highest BCUT2D eigenvalue weighted by Gasteiger charge is 2.27. The summed E-state index contributed by atoms with van der Waals surface area (Å²) in [5.74, 6) is -2.42. The standard InChI is InChI=1S/C35H63NO9/c1-29(37)19-17-15-13-11-9-7-5-6-8-10-12-14-16-18-20-32(39)36-23-24-43-25-26-44-28-31(38)27-30(21-22-33(40)41)34(42)45-35(2,3)4/h30H,5-28H2,1-4H3,(H,36,39)(H,40,41). The first-order chi connectivity index (χ1) is 21.4. The van der Waals surface area contributed by atoms with Gasteiger partial charge in [-0.15, -0.1) is 0 Å². The van der Waals surface area contributed by atoms with Gasteiger partial charge in [0.15, 0.2) is 5.78 Å². The Labute approximate surface area is 272 Å². The molecule has 0 spiro atoms. The van der Waals surface area contributed by atoms with E-state index in [1.165, 1.54) is 70.6 Å². The first kappa shape index (κ1) is 42.7. The first-order valence-corrected chi connectivity index (χ1v) is 17.3. The maximum absolute atomic E-state index is 12.4. The van der Waals surface area contributed by atoms with Crippen molar-refractivity contribution in [3.63, 3.8) is 0 Å². The Bertz CT molecular complexity index is 822. The quantitative estimate of drug-likeness (QED) is 0.0620. The number of unbranched alkanes of at least 4 members (excludes halogenated alkanes) is 13. The van der Waals surface area contributed by atoms with Crippen LogP contribution in [-0.2, 0) is 38.2 Å². The summed E-state index contributed by atoms with van der Waals surface area (Å²) >= 11 is 0. The molecule has 10 nitrogen and oxygen atoms in total. The number of esters is 1. The summed E-state index contributed by atoms with van der Waals surface area (Å²) in [7, 11) is 0. The van der Waals surface area contributed by atoms with E-state index in [9.17, 15) is 24.0 Å². The van der Waals surface area contributed by atoms with E-state index in [4.69, 9.17) is 19.3 Å². The molecular weight excluding hydrogens is 578 g/mol. The number of rotatable bonds is 31. The number of amides is 1. The molecular formula is C35H63NO9. The summed E-state index contributed by atoms with van der Waals surface area (Å²) < 4.78 is 16.1. The highest BCUT2D eigenvalue weighted by molar-refractivity contribution is 5.85. The van der Waals surface area contributed by atoms with Crippen molar-refractivity contribution in [1.82, 2.24) is 5.32 Å². The SMILES string of the molecule is CC(=O)CCCCCCCCCCCCCCCCC(=O)NCCOCCOCC(=O)CC(CCC(=O)O)C(=O)OC(C)(C)C. The van der Waals surface area contributed by atoms with E-state index in [0.29, 0.717) is 25.4 Å². The maximum Gasteiger partial charge on any atom is 0.309 e. The second-order valence-corrected chi connectivity index (χ2v) is 13.1. The monoisotopic (exact) mass is 641 g/mol. The Balaban J connectivity index is 3.62. The third-order valence-electron chi connectivity index (χ3n) is 7.31. The van der Waals surface area contributed by atoms with Crippen molar-refractivity contribution in [2.45, 2.75) is 155 Å². The van der Waals surface area contributed by atoms with Crippen LogP contribution in [0.1, 0.15) is 150 Å². The molecule has 262 valence electrons. The molecule has 0 bridgehead atoms. The molecule has 0 aliphatic heterocycles. The van der Waals surface area contributed by atoms with Gasteiger partial charge in [-0.05, 0) is 47.0 Å². The fraction of sp³-hybridized carbons (Fsp3) is 0.857. The second-order valence-electron chi connectivity index (χ2n) is 13.1. The average molecular weight is 642 g/mol. The number of carbonyl (C=O) groups is 5. The number of aliphatic carboxylic acids is 1. The average Bonchev–Trinajstić information content (AvgIpc) is 2.95. The van der Waals surface area contributed by atoms with Gasteiger partial charge in [0, 0.05) is 32.2 Å². The summed E-state index contributed by atoms with van der Waals surface area (Å²) in [4.78, 5) is 58.5. The zero-order valence-electron chi connectivity index (χ0n) is 28.8. The Hall–Kier alpha value is -2.33. The molecule has 45 heavy (non-hydrogen) atoms. The molecule has 0 fully saturated rings. The molecule has 0 aromatic heterocycles. The summed E-state index contributed by atoms with van der Waals surface area (Å²) in [6.07, 6.45) is 17.9. The van der Waals surface area contributed by atoms with Crippen LogP contribution in [0.25, 0.3) is 0 Å². The molecule has 2 N–H and O–H groups in total.